The highest BCUT2D eigenvalue weighted by atomic mass is 32.2. The molecule has 0 aromatic heterocycles. The first-order valence-electron chi connectivity index (χ1n) is 14.1. The Labute approximate surface area is 243 Å². The van der Waals surface area contributed by atoms with Crippen LogP contribution in [0.5, 0.6) is 5.75 Å². The van der Waals surface area contributed by atoms with Gasteiger partial charge in [0.1, 0.15) is 18.3 Å². The number of nitrogens with one attached hydrogen (secondary N) is 1. The first kappa shape index (κ1) is 30.1. The van der Waals surface area contributed by atoms with Crippen molar-refractivity contribution in [2.75, 3.05) is 18.0 Å². The van der Waals surface area contributed by atoms with Gasteiger partial charge in [-0.15, -0.1) is 0 Å². The van der Waals surface area contributed by atoms with Gasteiger partial charge in [-0.3, -0.25) is 13.9 Å². The van der Waals surface area contributed by atoms with Gasteiger partial charge in [0.15, 0.2) is 0 Å². The van der Waals surface area contributed by atoms with E-state index in [1.807, 2.05) is 37.3 Å². The van der Waals surface area contributed by atoms with Crippen molar-refractivity contribution in [3.05, 3.63) is 90.0 Å². The summed E-state index contributed by atoms with van der Waals surface area (Å²) in [6.07, 6.45) is 5.12. The average molecular weight is 578 g/mol. The molecule has 1 aliphatic rings. The minimum absolute atomic E-state index is 0.0781. The highest BCUT2D eigenvalue weighted by molar-refractivity contribution is 7.92. The van der Waals surface area contributed by atoms with Gasteiger partial charge < -0.3 is 15.0 Å². The quantitative estimate of drug-likeness (QED) is 0.344. The third-order valence-electron chi connectivity index (χ3n) is 7.60. The van der Waals surface area contributed by atoms with Crippen LogP contribution in [0, 0.1) is 6.92 Å². The van der Waals surface area contributed by atoms with Crippen molar-refractivity contribution in [1.29, 1.82) is 0 Å². The number of methoxy groups -OCH3 is 1. The van der Waals surface area contributed by atoms with Crippen molar-refractivity contribution < 1.29 is 22.7 Å². The lowest BCUT2D eigenvalue weighted by molar-refractivity contribution is -0.139. The van der Waals surface area contributed by atoms with E-state index in [2.05, 4.69) is 5.32 Å². The number of hydrogen-bond acceptors (Lipinski definition) is 5. The van der Waals surface area contributed by atoms with Crippen LogP contribution in [0.2, 0.25) is 0 Å². The summed E-state index contributed by atoms with van der Waals surface area (Å²) in [6.45, 7) is 3.15. The Morgan fingerprint density at radius 1 is 0.951 bits per heavy atom. The summed E-state index contributed by atoms with van der Waals surface area (Å²) in [5, 5.41) is 3.12. The highest BCUT2D eigenvalue weighted by Gasteiger charge is 2.33. The molecule has 4 rings (SSSR count). The standard InChI is InChI=1S/C32H39N3O5S/c1-24-13-10-11-20-30(24)35(41(38,39)29-18-8-5-9-19-29)23-31(36)34(22-26-14-12-17-28(21-26)40-3)25(2)32(37)33-27-15-6-4-7-16-27/h5,8-14,17-21,25,27H,4,6-7,15-16,22-23H2,1-3H3,(H,33,37)/t25-/m1/s1. The van der Waals surface area contributed by atoms with Gasteiger partial charge in [-0.05, 0) is 68.1 Å². The highest BCUT2D eigenvalue weighted by Crippen LogP contribution is 2.27. The summed E-state index contributed by atoms with van der Waals surface area (Å²) >= 11 is 0. The van der Waals surface area contributed by atoms with Crippen LogP contribution in [0.1, 0.15) is 50.2 Å². The van der Waals surface area contributed by atoms with Gasteiger partial charge in [0.05, 0.1) is 17.7 Å². The van der Waals surface area contributed by atoms with E-state index >= 15 is 0 Å². The number of carbonyl (C=O) groups excluding carboxylic acids is 2. The van der Waals surface area contributed by atoms with Crippen LogP contribution in [0.25, 0.3) is 0 Å². The molecule has 0 radical (unpaired) electrons. The summed E-state index contributed by atoms with van der Waals surface area (Å²) in [7, 11) is -2.53. The van der Waals surface area contributed by atoms with E-state index in [4.69, 9.17) is 4.74 Å². The Kier molecular flexibility index (Phi) is 10.0. The summed E-state index contributed by atoms with van der Waals surface area (Å²) in [6, 6.07) is 21.7. The fraction of sp³-hybridized carbons (Fsp3) is 0.375. The van der Waals surface area contributed by atoms with Crippen LogP contribution < -0.4 is 14.4 Å². The predicted molar refractivity (Wildman–Crippen MR) is 160 cm³/mol. The fourth-order valence-electron chi connectivity index (χ4n) is 5.20. The first-order valence-corrected chi connectivity index (χ1v) is 15.5. The third kappa shape index (κ3) is 7.47. The largest absolute Gasteiger partial charge is 0.497 e. The number of nitrogens with zero attached hydrogens (tertiary/aromatic N) is 2. The normalized spacial score (nSPS) is 14.6. The van der Waals surface area contributed by atoms with E-state index in [-0.39, 0.29) is 23.4 Å². The van der Waals surface area contributed by atoms with Gasteiger partial charge in [-0.25, -0.2) is 8.42 Å². The zero-order chi connectivity index (χ0) is 29.4. The van der Waals surface area contributed by atoms with Crippen molar-refractivity contribution in [3.63, 3.8) is 0 Å². The second kappa shape index (κ2) is 13.7. The molecule has 1 fully saturated rings. The molecule has 3 aromatic carbocycles. The number of hydrogen-bond donors (Lipinski definition) is 1. The molecule has 0 bridgehead atoms. The van der Waals surface area contributed by atoms with Gasteiger partial charge in [0.2, 0.25) is 11.8 Å². The molecule has 2 amide bonds. The average Bonchev–Trinajstić information content (AvgIpc) is 2.99. The van der Waals surface area contributed by atoms with Crippen LogP contribution in [0.15, 0.2) is 83.8 Å². The number of rotatable bonds is 11. The number of anilines is 1. The molecule has 8 nitrogen and oxygen atoms in total. The molecule has 1 saturated carbocycles. The van der Waals surface area contributed by atoms with Gasteiger partial charge in [-0.2, -0.15) is 0 Å². The SMILES string of the molecule is COc1cccc(CN(C(=O)CN(c2ccccc2C)S(=O)(=O)c2ccccc2)[C@H](C)C(=O)NC2CCCCC2)c1. The van der Waals surface area contributed by atoms with Crippen molar-refractivity contribution in [1.82, 2.24) is 10.2 Å². The maximum Gasteiger partial charge on any atom is 0.264 e. The summed E-state index contributed by atoms with van der Waals surface area (Å²) in [4.78, 5) is 29.1. The minimum Gasteiger partial charge on any atom is -0.497 e. The topological polar surface area (TPSA) is 96.0 Å². The second-order valence-electron chi connectivity index (χ2n) is 10.5. The summed E-state index contributed by atoms with van der Waals surface area (Å²) in [5.74, 6) is -0.106. The van der Waals surface area contributed by atoms with Crippen LogP contribution in [-0.2, 0) is 26.2 Å². The Balaban J connectivity index is 1.68. The molecule has 0 aliphatic heterocycles. The van der Waals surface area contributed by atoms with E-state index in [1.165, 1.54) is 17.0 Å². The van der Waals surface area contributed by atoms with Crippen LogP contribution >= 0.6 is 0 Å². The Morgan fingerprint density at radius 2 is 1.63 bits per heavy atom. The number of sulfonamides is 1. The third-order valence-corrected chi connectivity index (χ3v) is 9.37. The molecule has 9 heteroatoms. The molecular formula is C32H39N3O5S. The lowest BCUT2D eigenvalue weighted by atomic mass is 9.95. The van der Waals surface area contributed by atoms with Crippen molar-refractivity contribution in [3.8, 4) is 5.75 Å². The molecule has 41 heavy (non-hydrogen) atoms. The van der Waals surface area contributed by atoms with Crippen molar-refractivity contribution in [2.24, 2.45) is 0 Å². The predicted octanol–water partition coefficient (Wildman–Crippen LogP) is 5.07. The minimum atomic E-state index is -4.09. The number of amides is 2. The lowest BCUT2D eigenvalue weighted by Crippen LogP contribution is -2.53. The lowest BCUT2D eigenvalue weighted by Gasteiger charge is -2.33. The Bertz CT molecular complexity index is 1440. The molecule has 3 aromatic rings. The molecule has 0 heterocycles. The fourth-order valence-corrected chi connectivity index (χ4v) is 6.69. The van der Waals surface area contributed by atoms with Crippen LogP contribution in [-0.4, -0.2) is 50.9 Å². The van der Waals surface area contributed by atoms with Crippen LogP contribution in [0.4, 0.5) is 5.69 Å². The van der Waals surface area contributed by atoms with Gasteiger partial charge in [-0.1, -0.05) is 67.8 Å². The number of carbonyl (C=O) groups is 2. The summed E-state index contributed by atoms with van der Waals surface area (Å²) in [5.41, 5.74) is 1.89. The van der Waals surface area contributed by atoms with Crippen molar-refractivity contribution >= 4 is 27.5 Å². The molecule has 0 spiro atoms. The van der Waals surface area contributed by atoms with E-state index < -0.39 is 28.5 Å². The monoisotopic (exact) mass is 577 g/mol. The molecule has 0 saturated heterocycles. The Morgan fingerprint density at radius 3 is 2.32 bits per heavy atom. The zero-order valence-corrected chi connectivity index (χ0v) is 24.8. The van der Waals surface area contributed by atoms with Gasteiger partial charge in [0.25, 0.3) is 10.0 Å². The number of para-hydroxylation sites is 1. The van der Waals surface area contributed by atoms with Crippen molar-refractivity contribution in [2.45, 2.75) is 69.5 Å². The van der Waals surface area contributed by atoms with E-state index in [9.17, 15) is 18.0 Å². The smallest absolute Gasteiger partial charge is 0.264 e. The van der Waals surface area contributed by atoms with E-state index in [1.54, 1.807) is 50.4 Å². The number of ether oxygens (including phenoxy) is 1. The number of aryl methyl sites for hydroxylation is 1. The van der Waals surface area contributed by atoms with E-state index in [0.717, 1.165) is 42.0 Å². The molecule has 218 valence electrons. The van der Waals surface area contributed by atoms with Gasteiger partial charge in [0, 0.05) is 12.6 Å². The molecular weight excluding hydrogens is 538 g/mol. The number of benzene rings is 3. The van der Waals surface area contributed by atoms with Crippen LogP contribution in [0.3, 0.4) is 0 Å². The maximum absolute atomic E-state index is 14.1. The molecule has 1 aliphatic carbocycles. The molecule has 0 unspecified atom stereocenters. The van der Waals surface area contributed by atoms with E-state index in [0.29, 0.717) is 17.0 Å². The van der Waals surface area contributed by atoms with Gasteiger partial charge >= 0.3 is 0 Å². The maximum atomic E-state index is 14.1. The Hall–Kier alpha value is -3.85. The molecule has 1 N–H and O–H groups in total. The molecule has 1 atom stereocenters. The second-order valence-corrected chi connectivity index (χ2v) is 12.4. The first-order chi connectivity index (χ1) is 19.7. The zero-order valence-electron chi connectivity index (χ0n) is 24.0. The summed E-state index contributed by atoms with van der Waals surface area (Å²) < 4.78 is 34.3.